The van der Waals surface area contributed by atoms with E-state index in [-0.39, 0.29) is 5.69 Å². The van der Waals surface area contributed by atoms with Gasteiger partial charge in [0, 0.05) is 18.6 Å². The third-order valence-corrected chi connectivity index (χ3v) is 2.96. The molecule has 0 saturated heterocycles. The number of carboxylic acids is 2. The van der Waals surface area contributed by atoms with Gasteiger partial charge in [0.2, 0.25) is 0 Å². The second kappa shape index (κ2) is 5.96. The van der Waals surface area contributed by atoms with Crippen LogP contribution in [0.3, 0.4) is 0 Å². The first-order chi connectivity index (χ1) is 10.0. The van der Waals surface area contributed by atoms with Crippen LogP contribution in [0.15, 0.2) is 55.0 Å². The Morgan fingerprint density at radius 1 is 1.05 bits per heavy atom. The number of aromatic nitrogens is 2. The Balaban J connectivity index is 2.46. The fraction of sp³-hybridized carbons (Fsp3) is 0.0667. The van der Waals surface area contributed by atoms with Crippen molar-refractivity contribution in [2.75, 3.05) is 0 Å². The quantitative estimate of drug-likeness (QED) is 0.814. The van der Waals surface area contributed by atoms with E-state index in [1.165, 1.54) is 6.20 Å². The summed E-state index contributed by atoms with van der Waals surface area (Å²) in [5.41, 5.74) is 1.26. The average molecular weight is 284 g/mol. The van der Waals surface area contributed by atoms with Crippen LogP contribution in [0.5, 0.6) is 0 Å². The maximum Gasteiger partial charge on any atom is 0.332 e. The van der Waals surface area contributed by atoms with Gasteiger partial charge < -0.3 is 10.2 Å². The molecular weight excluding hydrogens is 272 g/mol. The Bertz CT molecular complexity index is 698. The van der Waals surface area contributed by atoms with Gasteiger partial charge in [0.05, 0.1) is 11.3 Å². The molecular formula is C15H12N2O4. The number of aliphatic carboxylic acids is 2. The maximum atomic E-state index is 11.3. The second-order valence-electron chi connectivity index (χ2n) is 4.31. The Morgan fingerprint density at radius 3 is 2.24 bits per heavy atom. The van der Waals surface area contributed by atoms with E-state index in [2.05, 4.69) is 16.5 Å². The molecule has 21 heavy (non-hydrogen) atoms. The van der Waals surface area contributed by atoms with Crippen molar-refractivity contribution in [3.8, 4) is 11.1 Å². The van der Waals surface area contributed by atoms with Crippen LogP contribution in [-0.4, -0.2) is 32.1 Å². The monoisotopic (exact) mass is 284 g/mol. The molecule has 0 aliphatic rings. The van der Waals surface area contributed by atoms with E-state index >= 15 is 0 Å². The topological polar surface area (TPSA) is 100 Å². The molecule has 0 amide bonds. The van der Waals surface area contributed by atoms with E-state index in [9.17, 15) is 14.7 Å². The molecule has 0 fully saturated rings. The lowest BCUT2D eigenvalue weighted by Gasteiger charge is -2.12. The van der Waals surface area contributed by atoms with Crippen molar-refractivity contribution in [2.45, 2.75) is 5.92 Å². The summed E-state index contributed by atoms with van der Waals surface area (Å²) in [6.45, 7) is 3.32. The smallest absolute Gasteiger partial charge is 0.332 e. The molecule has 0 aliphatic heterocycles. The molecule has 1 unspecified atom stereocenters. The van der Waals surface area contributed by atoms with Crippen LogP contribution in [0.4, 0.5) is 0 Å². The van der Waals surface area contributed by atoms with Gasteiger partial charge in [0.15, 0.2) is 0 Å². The highest BCUT2D eigenvalue weighted by molar-refractivity contribution is 5.96. The van der Waals surface area contributed by atoms with E-state index in [0.717, 1.165) is 11.1 Å². The lowest BCUT2D eigenvalue weighted by Crippen LogP contribution is -2.19. The predicted octanol–water partition coefficient (Wildman–Crippen LogP) is 1.95. The molecule has 0 bridgehead atoms. The third-order valence-electron chi connectivity index (χ3n) is 2.96. The van der Waals surface area contributed by atoms with Crippen LogP contribution < -0.4 is 0 Å². The summed E-state index contributed by atoms with van der Waals surface area (Å²) < 4.78 is 0. The molecule has 0 radical (unpaired) electrons. The number of nitrogens with zero attached hydrogens (tertiary/aromatic N) is 2. The molecule has 6 nitrogen and oxygen atoms in total. The Labute approximate surface area is 120 Å². The van der Waals surface area contributed by atoms with Crippen LogP contribution in [0.1, 0.15) is 11.6 Å². The predicted molar refractivity (Wildman–Crippen MR) is 74.6 cm³/mol. The van der Waals surface area contributed by atoms with E-state index in [1.54, 1.807) is 36.7 Å². The molecule has 0 spiro atoms. The van der Waals surface area contributed by atoms with Gasteiger partial charge in [-0.25, -0.2) is 4.79 Å². The van der Waals surface area contributed by atoms with Crippen molar-refractivity contribution in [3.05, 3.63) is 60.7 Å². The Morgan fingerprint density at radius 2 is 1.67 bits per heavy atom. The number of carbonyl (C=O) groups is 2. The van der Waals surface area contributed by atoms with E-state index in [1.807, 2.05) is 0 Å². The van der Waals surface area contributed by atoms with Crippen LogP contribution in [0, 0.1) is 0 Å². The number of hydrogen-bond acceptors (Lipinski definition) is 4. The summed E-state index contributed by atoms with van der Waals surface area (Å²) in [5.74, 6) is -4.05. The zero-order chi connectivity index (χ0) is 15.4. The first-order valence-electron chi connectivity index (χ1n) is 6.02. The van der Waals surface area contributed by atoms with E-state index in [0.29, 0.717) is 0 Å². The SMILES string of the molecule is C=C(C(=O)O)C(C(=O)O)c1cc(-c2ccncc2)ccn1. The highest BCUT2D eigenvalue weighted by atomic mass is 16.4. The first-order valence-corrected chi connectivity index (χ1v) is 6.02. The van der Waals surface area contributed by atoms with E-state index < -0.39 is 23.4 Å². The Kier molecular flexibility index (Phi) is 4.08. The minimum absolute atomic E-state index is 0.129. The number of carboxylic acid groups (broad SMARTS) is 2. The van der Waals surface area contributed by atoms with Gasteiger partial charge in [-0.05, 0) is 35.4 Å². The van der Waals surface area contributed by atoms with Crippen LogP contribution in [-0.2, 0) is 9.59 Å². The van der Waals surface area contributed by atoms with Gasteiger partial charge in [0.25, 0.3) is 0 Å². The standard InChI is InChI=1S/C15H12N2O4/c1-9(14(18)19)13(15(20)21)12-8-11(4-7-17-12)10-2-5-16-6-3-10/h2-8,13H,1H2,(H,18,19)(H,20,21). The van der Waals surface area contributed by atoms with Crippen molar-refractivity contribution >= 4 is 11.9 Å². The minimum Gasteiger partial charge on any atom is -0.480 e. The number of rotatable bonds is 5. The van der Waals surface area contributed by atoms with Gasteiger partial charge in [-0.3, -0.25) is 14.8 Å². The third kappa shape index (κ3) is 3.11. The normalized spacial score (nSPS) is 11.6. The summed E-state index contributed by atoms with van der Waals surface area (Å²) in [4.78, 5) is 30.2. The van der Waals surface area contributed by atoms with Crippen molar-refractivity contribution in [1.82, 2.24) is 9.97 Å². The van der Waals surface area contributed by atoms with Gasteiger partial charge >= 0.3 is 11.9 Å². The molecule has 0 aliphatic carbocycles. The highest BCUT2D eigenvalue weighted by Crippen LogP contribution is 2.26. The molecule has 0 aromatic carbocycles. The van der Waals surface area contributed by atoms with Gasteiger partial charge in [-0.2, -0.15) is 0 Å². The van der Waals surface area contributed by atoms with Crippen molar-refractivity contribution in [2.24, 2.45) is 0 Å². The van der Waals surface area contributed by atoms with Crippen molar-refractivity contribution in [1.29, 1.82) is 0 Å². The van der Waals surface area contributed by atoms with Crippen molar-refractivity contribution in [3.63, 3.8) is 0 Å². The summed E-state index contributed by atoms with van der Waals surface area (Å²) >= 11 is 0. The Hall–Kier alpha value is -3.02. The zero-order valence-electron chi connectivity index (χ0n) is 10.9. The van der Waals surface area contributed by atoms with Crippen LogP contribution >= 0.6 is 0 Å². The lowest BCUT2D eigenvalue weighted by molar-refractivity contribution is -0.141. The van der Waals surface area contributed by atoms with Crippen LogP contribution in [0.2, 0.25) is 0 Å². The molecule has 2 aromatic heterocycles. The van der Waals surface area contributed by atoms with Gasteiger partial charge in [-0.1, -0.05) is 6.58 Å². The maximum absolute atomic E-state index is 11.3. The van der Waals surface area contributed by atoms with Gasteiger partial charge in [0.1, 0.15) is 5.92 Å². The largest absolute Gasteiger partial charge is 0.480 e. The average Bonchev–Trinajstić information content (AvgIpc) is 2.48. The summed E-state index contributed by atoms with van der Waals surface area (Å²) in [7, 11) is 0. The first kappa shape index (κ1) is 14.4. The fourth-order valence-electron chi connectivity index (χ4n) is 1.91. The summed E-state index contributed by atoms with van der Waals surface area (Å²) in [6, 6.07) is 6.78. The molecule has 6 heteroatoms. The molecule has 1 atom stereocenters. The second-order valence-corrected chi connectivity index (χ2v) is 4.31. The summed E-state index contributed by atoms with van der Waals surface area (Å²) in [5, 5.41) is 18.2. The molecule has 2 heterocycles. The molecule has 2 N–H and O–H groups in total. The number of pyridine rings is 2. The van der Waals surface area contributed by atoms with E-state index in [4.69, 9.17) is 5.11 Å². The minimum atomic E-state index is -1.38. The number of hydrogen-bond donors (Lipinski definition) is 2. The molecule has 2 aromatic rings. The zero-order valence-corrected chi connectivity index (χ0v) is 10.9. The van der Waals surface area contributed by atoms with Crippen molar-refractivity contribution < 1.29 is 19.8 Å². The molecule has 2 rings (SSSR count). The van der Waals surface area contributed by atoms with Crippen LogP contribution in [0.25, 0.3) is 11.1 Å². The molecule has 106 valence electrons. The van der Waals surface area contributed by atoms with Gasteiger partial charge in [-0.15, -0.1) is 0 Å². The molecule has 0 saturated carbocycles. The lowest BCUT2D eigenvalue weighted by atomic mass is 9.94. The summed E-state index contributed by atoms with van der Waals surface area (Å²) in [6.07, 6.45) is 4.66. The fourth-order valence-corrected chi connectivity index (χ4v) is 1.91. The highest BCUT2D eigenvalue weighted by Gasteiger charge is 2.28.